The van der Waals surface area contributed by atoms with E-state index in [1.54, 1.807) is 0 Å². The lowest BCUT2D eigenvalue weighted by atomic mass is 9.81. The van der Waals surface area contributed by atoms with Crippen LogP contribution in [0.2, 0.25) is 0 Å². The lowest BCUT2D eigenvalue weighted by Crippen LogP contribution is -2.21. The topological polar surface area (TPSA) is 3.24 Å². The Morgan fingerprint density at radius 1 is 0.538 bits per heavy atom. The summed E-state index contributed by atoms with van der Waals surface area (Å²) < 4.78 is 0. The van der Waals surface area contributed by atoms with E-state index in [4.69, 9.17) is 0 Å². The zero-order chi connectivity index (χ0) is 27.1. The van der Waals surface area contributed by atoms with Crippen molar-refractivity contribution in [2.45, 2.75) is 45.4 Å². The normalized spacial score (nSPS) is 15.3. The number of para-hydroxylation sites is 1. The molecule has 0 bridgehead atoms. The molecule has 5 aromatic rings. The Hall–Kier alpha value is -4.04. The van der Waals surface area contributed by atoms with Crippen molar-refractivity contribution in [1.29, 1.82) is 0 Å². The van der Waals surface area contributed by atoms with Gasteiger partial charge in [0, 0.05) is 27.9 Å². The molecule has 2 aliphatic rings. The second-order valence-electron chi connectivity index (χ2n) is 12.4. The number of rotatable bonds is 3. The van der Waals surface area contributed by atoms with E-state index in [0.717, 1.165) is 0 Å². The minimum Gasteiger partial charge on any atom is -0.311 e. The summed E-state index contributed by atoms with van der Waals surface area (Å²) >= 11 is 0. The second-order valence-corrected chi connectivity index (χ2v) is 12.4. The molecule has 0 aliphatic heterocycles. The van der Waals surface area contributed by atoms with E-state index >= 15 is 0 Å². The van der Waals surface area contributed by atoms with Crippen LogP contribution in [0, 0.1) is 6.92 Å². The molecule has 2 heteroatoms. The van der Waals surface area contributed by atoms with Crippen LogP contribution in [0.1, 0.15) is 55.5 Å². The number of nitrogens with zero attached hydrogens (tertiary/aromatic N) is 1. The molecule has 0 saturated carbocycles. The van der Waals surface area contributed by atoms with Gasteiger partial charge >= 0.3 is 0 Å². The first-order valence-electron chi connectivity index (χ1n) is 14.0. The monoisotopic (exact) mass is 503 g/mol. The lowest BCUT2D eigenvalue weighted by Gasteiger charge is -2.31. The maximum absolute atomic E-state index is 2.47. The first kappa shape index (κ1) is 24.0. The van der Waals surface area contributed by atoms with Crippen molar-refractivity contribution >= 4 is 30.4 Å². The Balaban J connectivity index is 1.46. The summed E-state index contributed by atoms with van der Waals surface area (Å²) in [5.74, 6) is 0. The number of hydrogen-bond donors (Lipinski definition) is 0. The van der Waals surface area contributed by atoms with E-state index in [1.165, 1.54) is 72.6 Å². The fraction of sp³-hybridized carbons (Fsp3) is 0.189. The molecule has 190 valence electrons. The smallest absolute Gasteiger partial charge is 0.142 e. The molecule has 7 rings (SSSR count). The van der Waals surface area contributed by atoms with Crippen molar-refractivity contribution in [2.75, 3.05) is 4.90 Å². The van der Waals surface area contributed by atoms with Gasteiger partial charge in [-0.25, -0.2) is 0 Å². The molecule has 0 heterocycles. The van der Waals surface area contributed by atoms with Crippen LogP contribution in [-0.2, 0) is 10.8 Å². The van der Waals surface area contributed by atoms with Gasteiger partial charge in [0.2, 0.25) is 0 Å². The van der Waals surface area contributed by atoms with Gasteiger partial charge in [-0.2, -0.15) is 0 Å². The average Bonchev–Trinajstić information content (AvgIpc) is 3.30. The summed E-state index contributed by atoms with van der Waals surface area (Å²) in [7, 11) is 2.22. The van der Waals surface area contributed by atoms with Crippen molar-refractivity contribution in [3.05, 3.63) is 131 Å². The van der Waals surface area contributed by atoms with E-state index in [1.807, 2.05) is 0 Å². The van der Waals surface area contributed by atoms with Gasteiger partial charge in [0.1, 0.15) is 7.85 Å². The fourth-order valence-corrected chi connectivity index (χ4v) is 7.21. The van der Waals surface area contributed by atoms with Gasteiger partial charge in [-0.3, -0.25) is 0 Å². The molecule has 0 spiro atoms. The van der Waals surface area contributed by atoms with Crippen LogP contribution in [0.5, 0.6) is 0 Å². The maximum Gasteiger partial charge on any atom is 0.142 e. The zero-order valence-electron chi connectivity index (χ0n) is 23.8. The highest BCUT2D eigenvalue weighted by atomic mass is 15.1. The van der Waals surface area contributed by atoms with Crippen molar-refractivity contribution in [3.8, 4) is 22.3 Å². The van der Waals surface area contributed by atoms with Gasteiger partial charge in [-0.15, -0.1) is 0 Å². The molecule has 0 radical (unpaired) electrons. The zero-order valence-corrected chi connectivity index (χ0v) is 23.8. The van der Waals surface area contributed by atoms with Crippen LogP contribution < -0.4 is 10.4 Å². The number of hydrogen-bond acceptors (Lipinski definition) is 1. The molecule has 1 nitrogen and oxygen atoms in total. The molecule has 0 amide bonds. The second kappa shape index (κ2) is 8.23. The summed E-state index contributed by atoms with van der Waals surface area (Å²) in [4.78, 5) is 2.47. The fourth-order valence-electron chi connectivity index (χ4n) is 7.21. The van der Waals surface area contributed by atoms with E-state index in [0.29, 0.717) is 0 Å². The van der Waals surface area contributed by atoms with Gasteiger partial charge in [0.15, 0.2) is 0 Å². The summed E-state index contributed by atoms with van der Waals surface area (Å²) in [6.07, 6.45) is 0. The quantitative estimate of drug-likeness (QED) is 0.224. The number of fused-ring (bicyclic) bond motifs is 6. The predicted molar refractivity (Wildman–Crippen MR) is 169 cm³/mol. The molecule has 0 aromatic heterocycles. The van der Waals surface area contributed by atoms with Crippen molar-refractivity contribution < 1.29 is 0 Å². The largest absolute Gasteiger partial charge is 0.311 e. The van der Waals surface area contributed by atoms with Gasteiger partial charge in [0.25, 0.3) is 0 Å². The van der Waals surface area contributed by atoms with E-state index < -0.39 is 0 Å². The third-order valence-corrected chi connectivity index (χ3v) is 9.30. The third kappa shape index (κ3) is 3.34. The Morgan fingerprint density at radius 3 is 1.85 bits per heavy atom. The van der Waals surface area contributed by atoms with Gasteiger partial charge < -0.3 is 4.90 Å². The average molecular weight is 503 g/mol. The number of benzene rings is 5. The highest BCUT2D eigenvalue weighted by Gasteiger charge is 2.38. The standard InChI is InChI=1S/C37H34BN/c1-23-20-25(22-32-35(23)28-13-7-9-15-30(28)37(32,4)5)39(34-17-11-10-16-33(34)38)24-18-19-27-26-12-6-8-14-29(26)36(2,3)31(27)21-24/h6-22H,38H2,1-5H3. The molecule has 2 aliphatic carbocycles. The lowest BCUT2D eigenvalue weighted by molar-refractivity contribution is 0.660. The van der Waals surface area contributed by atoms with Crippen molar-refractivity contribution in [1.82, 2.24) is 0 Å². The van der Waals surface area contributed by atoms with Gasteiger partial charge in [0.05, 0.1) is 0 Å². The summed E-state index contributed by atoms with van der Waals surface area (Å²) in [6.45, 7) is 11.7. The third-order valence-electron chi connectivity index (χ3n) is 9.30. The molecule has 0 fully saturated rings. The van der Waals surface area contributed by atoms with Crippen molar-refractivity contribution in [2.24, 2.45) is 0 Å². The molecule has 39 heavy (non-hydrogen) atoms. The molecule has 5 aromatic carbocycles. The molecule has 0 unspecified atom stereocenters. The van der Waals surface area contributed by atoms with Crippen LogP contribution in [0.4, 0.5) is 17.1 Å². The van der Waals surface area contributed by atoms with Crippen LogP contribution in [0.25, 0.3) is 22.3 Å². The minimum absolute atomic E-state index is 0.0448. The Labute approximate surface area is 233 Å². The first-order valence-corrected chi connectivity index (χ1v) is 14.0. The Kier molecular flexibility index (Phi) is 5.07. The van der Waals surface area contributed by atoms with Crippen LogP contribution in [0.15, 0.2) is 103 Å². The van der Waals surface area contributed by atoms with Crippen LogP contribution in [0.3, 0.4) is 0 Å². The number of aryl methyl sites for hydroxylation is 1. The predicted octanol–water partition coefficient (Wildman–Crippen LogP) is 8.34. The highest BCUT2D eigenvalue weighted by molar-refractivity contribution is 6.36. The Morgan fingerprint density at radius 2 is 1.10 bits per heavy atom. The van der Waals surface area contributed by atoms with E-state index in [-0.39, 0.29) is 10.8 Å². The first-order chi connectivity index (χ1) is 18.7. The highest BCUT2D eigenvalue weighted by Crippen LogP contribution is 2.53. The summed E-state index contributed by atoms with van der Waals surface area (Å²) in [6, 6.07) is 38.5. The SMILES string of the molecule is Bc1ccccc1N(c1ccc2c(c1)C(C)(C)c1ccccc1-2)c1cc(C)c2c(c1)C(C)(C)c1ccccc1-2. The Bertz CT molecular complexity index is 1790. The van der Waals surface area contributed by atoms with Gasteiger partial charge in [-0.05, 0) is 87.3 Å². The summed E-state index contributed by atoms with van der Waals surface area (Å²) in [5, 5.41) is 0. The minimum atomic E-state index is -0.0499. The van der Waals surface area contributed by atoms with Crippen LogP contribution >= 0.6 is 0 Å². The summed E-state index contributed by atoms with van der Waals surface area (Å²) in [5.41, 5.74) is 17.3. The van der Waals surface area contributed by atoms with E-state index in [2.05, 4.69) is 150 Å². The molecule has 0 atom stereocenters. The molecule has 0 N–H and O–H groups in total. The van der Waals surface area contributed by atoms with Crippen LogP contribution in [-0.4, -0.2) is 7.85 Å². The maximum atomic E-state index is 2.47. The molecule has 0 saturated heterocycles. The number of anilines is 3. The van der Waals surface area contributed by atoms with Gasteiger partial charge in [-0.1, -0.05) is 106 Å². The van der Waals surface area contributed by atoms with E-state index in [9.17, 15) is 0 Å². The molecular formula is C37H34BN. The molecular weight excluding hydrogens is 469 g/mol. The van der Waals surface area contributed by atoms with Crippen molar-refractivity contribution in [3.63, 3.8) is 0 Å².